The van der Waals surface area contributed by atoms with Gasteiger partial charge in [-0.05, 0) is 62.2 Å². The second-order valence-electron chi connectivity index (χ2n) is 9.14. The van der Waals surface area contributed by atoms with Crippen molar-refractivity contribution < 1.29 is 4.79 Å². The monoisotopic (exact) mass is 485 g/mol. The molecule has 1 aliphatic heterocycles. The summed E-state index contributed by atoms with van der Waals surface area (Å²) >= 11 is 0. The Labute approximate surface area is 210 Å². The number of hydrogen-bond donors (Lipinski definition) is 3. The van der Waals surface area contributed by atoms with E-state index in [1.54, 1.807) is 6.20 Å². The fraction of sp³-hybridized carbons (Fsp3) is 0.308. The van der Waals surface area contributed by atoms with E-state index in [4.69, 9.17) is 4.98 Å². The molecule has 0 bridgehead atoms. The molecule has 5 rings (SSSR count). The van der Waals surface area contributed by atoms with Gasteiger partial charge in [0.15, 0.2) is 5.82 Å². The highest BCUT2D eigenvalue weighted by Crippen LogP contribution is 2.22. The van der Waals surface area contributed by atoms with Crippen LogP contribution in [0.3, 0.4) is 0 Å². The van der Waals surface area contributed by atoms with Crippen LogP contribution in [0.1, 0.15) is 29.8 Å². The molecule has 0 spiro atoms. The van der Waals surface area contributed by atoms with Crippen molar-refractivity contribution in [3.63, 3.8) is 0 Å². The summed E-state index contributed by atoms with van der Waals surface area (Å²) in [5.74, 6) is 2.39. The van der Waals surface area contributed by atoms with E-state index >= 15 is 0 Å². The lowest BCUT2D eigenvalue weighted by Gasteiger charge is -2.36. The first-order valence-electron chi connectivity index (χ1n) is 12.1. The number of aryl methyl sites for hydroxylation is 2. The molecule has 1 atom stereocenters. The predicted octanol–water partition coefficient (Wildman–Crippen LogP) is 3.94. The highest BCUT2D eigenvalue weighted by Gasteiger charge is 2.23. The summed E-state index contributed by atoms with van der Waals surface area (Å²) in [5, 5.41) is 17.8. The molecule has 0 saturated carbocycles. The van der Waals surface area contributed by atoms with Gasteiger partial charge in [0.25, 0.3) is 0 Å². The van der Waals surface area contributed by atoms with E-state index in [2.05, 4.69) is 43.8 Å². The number of carbonyl (C=O) groups excluding carboxylic acids is 1. The minimum atomic E-state index is -0.0973. The van der Waals surface area contributed by atoms with E-state index < -0.39 is 0 Å². The highest BCUT2D eigenvalue weighted by atomic mass is 16.2. The second-order valence-corrected chi connectivity index (χ2v) is 9.14. The number of rotatable bonds is 6. The van der Waals surface area contributed by atoms with Gasteiger partial charge in [-0.15, -0.1) is 0 Å². The van der Waals surface area contributed by atoms with Gasteiger partial charge in [0, 0.05) is 50.3 Å². The number of nitrogens with zero attached hydrogens (tertiary/aromatic N) is 6. The summed E-state index contributed by atoms with van der Waals surface area (Å²) in [6.45, 7) is 8.72. The highest BCUT2D eigenvalue weighted by molar-refractivity contribution is 5.75. The fourth-order valence-electron chi connectivity index (χ4n) is 4.32. The van der Waals surface area contributed by atoms with Gasteiger partial charge in [-0.2, -0.15) is 10.2 Å². The zero-order valence-corrected chi connectivity index (χ0v) is 20.8. The molecular weight excluding hydrogens is 454 g/mol. The molecule has 2 amide bonds. The van der Waals surface area contributed by atoms with E-state index in [0.29, 0.717) is 13.1 Å². The van der Waals surface area contributed by atoms with Crippen molar-refractivity contribution in [1.82, 2.24) is 35.2 Å². The number of aromatic amines is 1. The first kappa shape index (κ1) is 23.4. The van der Waals surface area contributed by atoms with Crippen LogP contribution in [0.5, 0.6) is 0 Å². The Bertz CT molecular complexity index is 1310. The van der Waals surface area contributed by atoms with Crippen LogP contribution in [0.25, 0.3) is 5.69 Å². The zero-order chi connectivity index (χ0) is 25.1. The lowest BCUT2D eigenvalue weighted by atomic mass is 10.1. The summed E-state index contributed by atoms with van der Waals surface area (Å²) in [6.07, 6.45) is 3.66. The molecule has 1 fully saturated rings. The standard InChI is InChI=1S/C26H31N9O/c1-18-15-23(29-24-17-19(2)31-32-24)30-25(16-18)33-11-13-34(14-12-33)26(36)28-20(3)21-5-7-22(8-6-21)35-10-4-9-27-35/h4-10,15-17,20H,11-14H2,1-3H3,(H,28,36)(H2,29,30,31,32)/t20-/m1/s1. The van der Waals surface area contributed by atoms with E-state index in [1.807, 2.05) is 72.1 Å². The minimum Gasteiger partial charge on any atom is -0.353 e. The van der Waals surface area contributed by atoms with Crippen molar-refractivity contribution >= 4 is 23.5 Å². The summed E-state index contributed by atoms with van der Waals surface area (Å²) in [7, 11) is 0. The third kappa shape index (κ3) is 5.32. The van der Waals surface area contributed by atoms with Crippen LogP contribution < -0.4 is 15.5 Å². The Balaban J connectivity index is 1.16. The normalized spacial score (nSPS) is 14.5. The van der Waals surface area contributed by atoms with Crippen molar-refractivity contribution in [2.45, 2.75) is 26.8 Å². The van der Waals surface area contributed by atoms with E-state index in [1.165, 1.54) is 0 Å². The minimum absolute atomic E-state index is 0.0493. The quantitative estimate of drug-likeness (QED) is 0.382. The van der Waals surface area contributed by atoms with Crippen LogP contribution in [-0.4, -0.2) is 62.1 Å². The topological polar surface area (TPSA) is 107 Å². The molecule has 3 aromatic heterocycles. The molecule has 0 radical (unpaired) electrons. The maximum Gasteiger partial charge on any atom is 0.317 e. The van der Waals surface area contributed by atoms with Gasteiger partial charge in [0.1, 0.15) is 11.6 Å². The van der Waals surface area contributed by atoms with Crippen LogP contribution in [0.4, 0.5) is 22.2 Å². The van der Waals surface area contributed by atoms with Crippen molar-refractivity contribution in [1.29, 1.82) is 0 Å². The van der Waals surface area contributed by atoms with Gasteiger partial charge in [-0.25, -0.2) is 14.5 Å². The number of carbonyl (C=O) groups is 1. The number of amides is 2. The molecule has 1 aliphatic rings. The third-order valence-corrected chi connectivity index (χ3v) is 6.31. The molecule has 10 nitrogen and oxygen atoms in total. The Kier molecular flexibility index (Phi) is 6.57. The van der Waals surface area contributed by atoms with Crippen molar-refractivity contribution in [2.75, 3.05) is 36.4 Å². The molecule has 3 N–H and O–H groups in total. The molecule has 0 aliphatic carbocycles. The number of benzene rings is 1. The molecule has 4 aromatic rings. The van der Waals surface area contributed by atoms with E-state index in [-0.39, 0.29) is 12.1 Å². The molecule has 186 valence electrons. The van der Waals surface area contributed by atoms with Crippen LogP contribution >= 0.6 is 0 Å². The summed E-state index contributed by atoms with van der Waals surface area (Å²) < 4.78 is 1.81. The lowest BCUT2D eigenvalue weighted by Crippen LogP contribution is -2.52. The Hall–Kier alpha value is -4.34. The first-order valence-corrected chi connectivity index (χ1v) is 12.1. The number of H-pyrrole nitrogens is 1. The number of piperazine rings is 1. The van der Waals surface area contributed by atoms with Crippen LogP contribution in [0.2, 0.25) is 0 Å². The Morgan fingerprint density at radius 2 is 1.81 bits per heavy atom. The Morgan fingerprint density at radius 3 is 2.47 bits per heavy atom. The van der Waals surface area contributed by atoms with Crippen molar-refractivity contribution in [2.24, 2.45) is 0 Å². The maximum absolute atomic E-state index is 12.9. The SMILES string of the molecule is Cc1cc(Nc2cc(C)[nH]n2)nc(N2CCN(C(=O)N[C@H](C)c3ccc(-n4cccn4)cc3)CC2)c1. The molecule has 4 heterocycles. The number of anilines is 3. The summed E-state index contributed by atoms with van der Waals surface area (Å²) in [4.78, 5) is 21.8. The van der Waals surface area contributed by atoms with Gasteiger partial charge in [0.2, 0.25) is 0 Å². The molecule has 36 heavy (non-hydrogen) atoms. The van der Waals surface area contributed by atoms with Crippen molar-refractivity contribution in [3.05, 3.63) is 77.7 Å². The summed E-state index contributed by atoms with van der Waals surface area (Å²) in [5.41, 5.74) is 4.14. The number of hydrogen-bond acceptors (Lipinski definition) is 6. The number of nitrogens with one attached hydrogen (secondary N) is 3. The Morgan fingerprint density at radius 1 is 1.03 bits per heavy atom. The third-order valence-electron chi connectivity index (χ3n) is 6.31. The van der Waals surface area contributed by atoms with Crippen LogP contribution in [0.15, 0.2) is 60.9 Å². The largest absolute Gasteiger partial charge is 0.353 e. The average Bonchev–Trinajstić information content (AvgIpc) is 3.56. The number of pyridine rings is 1. The van der Waals surface area contributed by atoms with Crippen LogP contribution in [-0.2, 0) is 0 Å². The zero-order valence-electron chi connectivity index (χ0n) is 20.8. The predicted molar refractivity (Wildman–Crippen MR) is 140 cm³/mol. The molecular formula is C26H31N9O. The average molecular weight is 486 g/mol. The molecule has 1 aromatic carbocycles. The van der Waals surface area contributed by atoms with Gasteiger partial charge in [-0.1, -0.05) is 12.1 Å². The molecule has 0 unspecified atom stereocenters. The lowest BCUT2D eigenvalue weighted by molar-refractivity contribution is 0.191. The molecule has 1 saturated heterocycles. The number of urea groups is 1. The smallest absolute Gasteiger partial charge is 0.317 e. The van der Waals surface area contributed by atoms with Crippen LogP contribution in [0, 0.1) is 13.8 Å². The van der Waals surface area contributed by atoms with Gasteiger partial charge in [0.05, 0.1) is 11.7 Å². The fourth-order valence-corrected chi connectivity index (χ4v) is 4.32. The maximum atomic E-state index is 12.9. The van der Waals surface area contributed by atoms with Gasteiger partial charge >= 0.3 is 6.03 Å². The van der Waals surface area contributed by atoms with Gasteiger partial charge < -0.3 is 20.4 Å². The van der Waals surface area contributed by atoms with E-state index in [9.17, 15) is 4.79 Å². The van der Waals surface area contributed by atoms with Crippen molar-refractivity contribution in [3.8, 4) is 5.69 Å². The first-order chi connectivity index (χ1) is 17.4. The van der Waals surface area contributed by atoms with Gasteiger partial charge in [-0.3, -0.25) is 5.10 Å². The molecule has 10 heteroatoms. The number of aromatic nitrogens is 5. The second kappa shape index (κ2) is 10.1. The summed E-state index contributed by atoms with van der Waals surface area (Å²) in [6, 6.07) is 15.8. The van der Waals surface area contributed by atoms with E-state index in [0.717, 1.165) is 53.1 Å².